The molecule has 0 fully saturated rings. The predicted molar refractivity (Wildman–Crippen MR) is 81.3 cm³/mol. The van der Waals surface area contributed by atoms with E-state index >= 15 is 0 Å². The van der Waals surface area contributed by atoms with Gasteiger partial charge in [0, 0.05) is 25.2 Å². The Labute approximate surface area is 120 Å². The molecule has 0 radical (unpaired) electrons. The molecule has 0 saturated heterocycles. The fourth-order valence-electron chi connectivity index (χ4n) is 2.48. The molecule has 3 nitrogen and oxygen atoms in total. The third-order valence-corrected chi connectivity index (χ3v) is 3.41. The van der Waals surface area contributed by atoms with Gasteiger partial charge in [0.15, 0.2) is 0 Å². The molecule has 2 rings (SSSR count). The summed E-state index contributed by atoms with van der Waals surface area (Å²) in [7, 11) is 0. The molecule has 110 valence electrons. The van der Waals surface area contributed by atoms with Gasteiger partial charge in [0.05, 0.1) is 6.20 Å². The molecule has 1 aromatic heterocycles. The first-order valence-corrected chi connectivity index (χ1v) is 7.32. The van der Waals surface area contributed by atoms with E-state index in [1.165, 1.54) is 11.8 Å². The Kier molecular flexibility index (Phi) is 5.12. The molecule has 1 aliphatic rings. The summed E-state index contributed by atoms with van der Waals surface area (Å²) in [5.41, 5.74) is 2.30. The van der Waals surface area contributed by atoms with E-state index in [1.54, 1.807) is 6.07 Å². The first-order chi connectivity index (χ1) is 9.56. The largest absolute Gasteiger partial charge is 0.352 e. The Hall–Kier alpha value is -1.42. The van der Waals surface area contributed by atoms with Gasteiger partial charge in [-0.2, -0.15) is 0 Å². The van der Waals surface area contributed by atoms with Gasteiger partial charge >= 0.3 is 0 Å². The number of rotatable bonds is 5. The number of halogens is 1. The summed E-state index contributed by atoms with van der Waals surface area (Å²) in [5, 5.41) is 3.37. The van der Waals surface area contributed by atoms with Crippen LogP contribution in [0.25, 0.3) is 0 Å². The zero-order valence-corrected chi connectivity index (χ0v) is 12.6. The van der Waals surface area contributed by atoms with Crippen LogP contribution < -0.4 is 10.2 Å². The van der Waals surface area contributed by atoms with Gasteiger partial charge in [0.1, 0.15) is 11.6 Å². The van der Waals surface area contributed by atoms with Gasteiger partial charge in [-0.1, -0.05) is 25.5 Å². The van der Waals surface area contributed by atoms with E-state index < -0.39 is 0 Å². The lowest BCUT2D eigenvalue weighted by Gasteiger charge is -2.29. The number of nitrogens with zero attached hydrogens (tertiary/aromatic N) is 2. The van der Waals surface area contributed by atoms with Crippen LogP contribution in [0.4, 0.5) is 10.2 Å². The number of hydrogen-bond acceptors (Lipinski definition) is 3. The number of anilines is 1. The van der Waals surface area contributed by atoms with Gasteiger partial charge in [-0.3, -0.25) is 0 Å². The van der Waals surface area contributed by atoms with Crippen molar-refractivity contribution in [3.63, 3.8) is 0 Å². The SMILES string of the molecule is CC1=CCCN(c2ncc(F)cc2CNCC(C)C)C1. The quantitative estimate of drug-likeness (QED) is 0.838. The third kappa shape index (κ3) is 4.04. The molecule has 0 aliphatic carbocycles. The molecule has 0 spiro atoms. The molecule has 0 aromatic carbocycles. The van der Waals surface area contributed by atoms with Crippen LogP contribution in [-0.2, 0) is 6.54 Å². The second kappa shape index (κ2) is 6.84. The average Bonchev–Trinajstić information content (AvgIpc) is 2.38. The summed E-state index contributed by atoms with van der Waals surface area (Å²) in [5.74, 6) is 1.23. The molecule has 4 heteroatoms. The molecule has 1 aliphatic heterocycles. The van der Waals surface area contributed by atoms with Crippen LogP contribution in [-0.4, -0.2) is 24.6 Å². The molecule has 0 bridgehead atoms. The molecule has 1 N–H and O–H groups in total. The zero-order valence-electron chi connectivity index (χ0n) is 12.6. The summed E-state index contributed by atoms with van der Waals surface area (Å²) in [6.45, 7) is 9.88. The Morgan fingerprint density at radius 1 is 1.45 bits per heavy atom. The van der Waals surface area contributed by atoms with E-state index in [9.17, 15) is 4.39 Å². The Bertz CT molecular complexity index is 483. The van der Waals surface area contributed by atoms with Crippen LogP contribution in [0.15, 0.2) is 23.9 Å². The lowest BCUT2D eigenvalue weighted by Crippen LogP contribution is -2.31. The number of nitrogens with one attached hydrogen (secondary N) is 1. The molecule has 1 aromatic rings. The van der Waals surface area contributed by atoms with Crippen LogP contribution in [0.1, 0.15) is 32.8 Å². The minimum absolute atomic E-state index is 0.264. The van der Waals surface area contributed by atoms with Crippen molar-refractivity contribution in [2.45, 2.75) is 33.7 Å². The van der Waals surface area contributed by atoms with Crippen LogP contribution >= 0.6 is 0 Å². The molecular formula is C16H24FN3. The van der Waals surface area contributed by atoms with Crippen molar-refractivity contribution in [2.75, 3.05) is 24.5 Å². The maximum absolute atomic E-state index is 13.5. The molecule has 0 unspecified atom stereocenters. The van der Waals surface area contributed by atoms with E-state index in [4.69, 9.17) is 0 Å². The van der Waals surface area contributed by atoms with Gasteiger partial charge in [0.25, 0.3) is 0 Å². The standard InChI is InChI=1S/C16H24FN3/c1-12(2)8-18-9-14-7-15(17)10-19-16(14)20-6-4-5-13(3)11-20/h5,7,10,12,18H,4,6,8-9,11H2,1-3H3. The number of pyridine rings is 1. The lowest BCUT2D eigenvalue weighted by molar-refractivity contribution is 0.548. The molecule has 0 atom stereocenters. The van der Waals surface area contributed by atoms with Gasteiger partial charge < -0.3 is 10.2 Å². The Morgan fingerprint density at radius 3 is 2.95 bits per heavy atom. The molecule has 0 amide bonds. The molecular weight excluding hydrogens is 253 g/mol. The first kappa shape index (κ1) is 15.0. The third-order valence-electron chi connectivity index (χ3n) is 3.41. The first-order valence-electron chi connectivity index (χ1n) is 7.32. The van der Waals surface area contributed by atoms with Crippen molar-refractivity contribution in [3.8, 4) is 0 Å². The highest BCUT2D eigenvalue weighted by atomic mass is 19.1. The molecule has 0 saturated carbocycles. The second-order valence-corrected chi connectivity index (χ2v) is 5.92. The average molecular weight is 277 g/mol. The lowest BCUT2D eigenvalue weighted by atomic mass is 10.1. The second-order valence-electron chi connectivity index (χ2n) is 5.92. The minimum atomic E-state index is -0.264. The summed E-state index contributed by atoms with van der Waals surface area (Å²) in [6.07, 6.45) is 4.61. The maximum Gasteiger partial charge on any atom is 0.141 e. The van der Waals surface area contributed by atoms with Crippen LogP contribution in [0.3, 0.4) is 0 Å². The summed E-state index contributed by atoms with van der Waals surface area (Å²) in [6, 6.07) is 1.60. The highest BCUT2D eigenvalue weighted by Gasteiger charge is 2.16. The van der Waals surface area contributed by atoms with Crippen LogP contribution in [0.5, 0.6) is 0 Å². The van der Waals surface area contributed by atoms with E-state index in [-0.39, 0.29) is 5.82 Å². The van der Waals surface area contributed by atoms with Crippen molar-refractivity contribution < 1.29 is 4.39 Å². The van der Waals surface area contributed by atoms with Crippen molar-refractivity contribution in [1.82, 2.24) is 10.3 Å². The van der Waals surface area contributed by atoms with Crippen molar-refractivity contribution >= 4 is 5.82 Å². The van der Waals surface area contributed by atoms with Gasteiger partial charge in [-0.15, -0.1) is 0 Å². The fraction of sp³-hybridized carbons (Fsp3) is 0.562. The number of hydrogen-bond donors (Lipinski definition) is 1. The zero-order chi connectivity index (χ0) is 14.5. The van der Waals surface area contributed by atoms with Crippen molar-refractivity contribution in [1.29, 1.82) is 0 Å². The Morgan fingerprint density at radius 2 is 2.25 bits per heavy atom. The van der Waals surface area contributed by atoms with E-state index in [2.05, 4.69) is 42.0 Å². The summed E-state index contributed by atoms with van der Waals surface area (Å²) >= 11 is 0. The van der Waals surface area contributed by atoms with Gasteiger partial charge in [-0.25, -0.2) is 9.37 Å². The fourth-order valence-corrected chi connectivity index (χ4v) is 2.48. The van der Waals surface area contributed by atoms with E-state index in [1.807, 2.05) is 0 Å². The van der Waals surface area contributed by atoms with Crippen molar-refractivity contribution in [3.05, 3.63) is 35.3 Å². The molecule has 20 heavy (non-hydrogen) atoms. The topological polar surface area (TPSA) is 28.2 Å². The highest BCUT2D eigenvalue weighted by Crippen LogP contribution is 2.22. The Balaban J connectivity index is 2.13. The van der Waals surface area contributed by atoms with E-state index in [0.29, 0.717) is 12.5 Å². The predicted octanol–water partition coefficient (Wildman–Crippen LogP) is 3.12. The normalized spacial score (nSPS) is 15.7. The highest BCUT2D eigenvalue weighted by molar-refractivity contribution is 5.49. The minimum Gasteiger partial charge on any atom is -0.352 e. The summed E-state index contributed by atoms with van der Waals surface area (Å²) in [4.78, 5) is 6.56. The summed E-state index contributed by atoms with van der Waals surface area (Å²) < 4.78 is 13.5. The van der Waals surface area contributed by atoms with Crippen LogP contribution in [0.2, 0.25) is 0 Å². The van der Waals surface area contributed by atoms with Gasteiger partial charge in [-0.05, 0) is 31.9 Å². The van der Waals surface area contributed by atoms with Crippen molar-refractivity contribution in [2.24, 2.45) is 5.92 Å². The smallest absolute Gasteiger partial charge is 0.141 e. The van der Waals surface area contributed by atoms with Gasteiger partial charge in [0.2, 0.25) is 0 Å². The number of aromatic nitrogens is 1. The maximum atomic E-state index is 13.5. The van der Waals surface area contributed by atoms with Crippen LogP contribution in [0, 0.1) is 11.7 Å². The van der Waals surface area contributed by atoms with E-state index in [0.717, 1.165) is 37.4 Å². The molecule has 2 heterocycles. The monoisotopic (exact) mass is 277 g/mol.